The standard InChI is InChI=1S/C33H42N6O4/c1-2-21(17-37-41)19-43-20-25-10-9-24(28-5-3-4-6-29(25)28)18-39(42)30-16-23(32(35)36)8-7-22(30)15-31(39)33(40)38-27-13-11-26(34)12-14-27/h3-10,16,21,26-27,31H,2,11-15,17-20,34H2,1H3,(H3,35,36)(H,38,40). The van der Waals surface area contributed by atoms with Gasteiger partial charge in [0, 0.05) is 47.2 Å². The second-order valence-corrected chi connectivity index (χ2v) is 12.1. The average Bonchev–Trinajstić information content (AvgIpc) is 3.30. The van der Waals surface area contributed by atoms with E-state index >= 15 is 5.21 Å². The first-order valence-corrected chi connectivity index (χ1v) is 15.2. The van der Waals surface area contributed by atoms with Crippen LogP contribution in [0.4, 0.5) is 5.69 Å². The van der Waals surface area contributed by atoms with Crippen LogP contribution in [0, 0.1) is 21.4 Å². The molecule has 228 valence electrons. The van der Waals surface area contributed by atoms with Crippen molar-refractivity contribution in [2.45, 2.75) is 76.7 Å². The second-order valence-electron chi connectivity index (χ2n) is 12.1. The molecule has 1 fully saturated rings. The van der Waals surface area contributed by atoms with Crippen molar-refractivity contribution in [3.8, 4) is 0 Å². The van der Waals surface area contributed by atoms with Crippen molar-refractivity contribution in [1.82, 2.24) is 9.96 Å². The number of amides is 1. The molecule has 0 saturated heterocycles. The van der Waals surface area contributed by atoms with Crippen LogP contribution in [0.5, 0.6) is 0 Å². The van der Waals surface area contributed by atoms with Crippen molar-refractivity contribution < 1.29 is 9.53 Å². The van der Waals surface area contributed by atoms with E-state index in [0.29, 0.717) is 30.9 Å². The molecule has 5 rings (SSSR count). The summed E-state index contributed by atoms with van der Waals surface area (Å²) in [5.74, 6) is -0.290. The van der Waals surface area contributed by atoms with Gasteiger partial charge in [-0.05, 0) is 48.4 Å². The molecule has 1 aliphatic carbocycles. The Hall–Kier alpha value is -3.70. The van der Waals surface area contributed by atoms with E-state index in [4.69, 9.17) is 21.6 Å². The maximum absolute atomic E-state index is 15.1. The summed E-state index contributed by atoms with van der Waals surface area (Å²) in [6.45, 7) is 3.10. The summed E-state index contributed by atoms with van der Waals surface area (Å²) in [6.07, 6.45) is 4.43. The monoisotopic (exact) mass is 586 g/mol. The van der Waals surface area contributed by atoms with Gasteiger partial charge in [0.25, 0.3) is 5.91 Å². The number of nitrogen functional groups attached to an aromatic ring is 1. The number of ether oxygens (including phenoxy) is 1. The number of nitrogens with one attached hydrogen (secondary N) is 2. The summed E-state index contributed by atoms with van der Waals surface area (Å²) in [4.78, 5) is 24.5. The number of hydrogen-bond acceptors (Lipinski definition) is 7. The summed E-state index contributed by atoms with van der Waals surface area (Å²) < 4.78 is 5.12. The number of hydrogen-bond donors (Lipinski definition) is 4. The molecule has 43 heavy (non-hydrogen) atoms. The summed E-state index contributed by atoms with van der Waals surface area (Å²) in [5.41, 5.74) is 15.4. The second kappa shape index (κ2) is 13.3. The SMILES string of the molecule is CCC(CN=O)COCc1ccc(C[N+]2([O-])c3cc(C(=N)N)ccc3CC2C(=O)NC2CCC(N)CC2)c2ccccc12. The fourth-order valence-electron chi connectivity index (χ4n) is 6.50. The molecule has 10 nitrogen and oxygen atoms in total. The smallest absolute Gasteiger partial charge is 0.279 e. The van der Waals surface area contributed by atoms with Crippen LogP contribution < -0.4 is 21.4 Å². The number of fused-ring (bicyclic) bond motifs is 2. The van der Waals surface area contributed by atoms with Crippen molar-refractivity contribution in [2.24, 2.45) is 22.6 Å². The molecule has 1 heterocycles. The van der Waals surface area contributed by atoms with Gasteiger partial charge in [-0.3, -0.25) is 10.2 Å². The average molecular weight is 587 g/mol. The molecule has 0 spiro atoms. The molecule has 6 N–H and O–H groups in total. The summed E-state index contributed by atoms with van der Waals surface area (Å²) in [7, 11) is 0. The number of nitroso groups, excluding NO2 is 1. The molecule has 2 aliphatic rings. The van der Waals surface area contributed by atoms with E-state index in [-0.39, 0.29) is 42.8 Å². The maximum Gasteiger partial charge on any atom is 0.279 e. The molecule has 3 atom stereocenters. The molecule has 0 bridgehead atoms. The normalized spacial score (nSPS) is 23.9. The molecule has 0 aromatic heterocycles. The van der Waals surface area contributed by atoms with E-state index in [0.717, 1.165) is 59.6 Å². The molecular formula is C33H42N6O4. The zero-order valence-corrected chi connectivity index (χ0v) is 24.8. The number of hydroxylamine groups is 2. The van der Waals surface area contributed by atoms with Gasteiger partial charge < -0.3 is 31.4 Å². The molecule has 1 saturated carbocycles. The lowest BCUT2D eigenvalue weighted by molar-refractivity contribution is -0.126. The number of amidine groups is 1. The Morgan fingerprint density at radius 2 is 1.81 bits per heavy atom. The van der Waals surface area contributed by atoms with Crippen LogP contribution in [0.3, 0.4) is 0 Å². The van der Waals surface area contributed by atoms with E-state index in [9.17, 15) is 9.70 Å². The molecule has 3 unspecified atom stereocenters. The van der Waals surface area contributed by atoms with Crippen LogP contribution in [-0.2, 0) is 29.1 Å². The van der Waals surface area contributed by atoms with E-state index in [1.54, 1.807) is 12.1 Å². The summed E-state index contributed by atoms with van der Waals surface area (Å²) >= 11 is 0. The van der Waals surface area contributed by atoms with Crippen molar-refractivity contribution in [1.29, 1.82) is 5.41 Å². The third kappa shape index (κ3) is 6.62. The van der Waals surface area contributed by atoms with Gasteiger partial charge in [0.1, 0.15) is 18.1 Å². The highest BCUT2D eigenvalue weighted by Gasteiger charge is 2.46. The van der Waals surface area contributed by atoms with Gasteiger partial charge >= 0.3 is 0 Å². The molecule has 1 amide bonds. The minimum atomic E-state index is -0.869. The molecule has 3 aromatic carbocycles. The Bertz CT molecular complexity index is 1490. The predicted molar refractivity (Wildman–Crippen MR) is 170 cm³/mol. The Balaban J connectivity index is 1.46. The Labute approximate surface area is 252 Å². The number of quaternary nitrogens is 1. The molecule has 1 aliphatic heterocycles. The van der Waals surface area contributed by atoms with E-state index in [1.807, 2.05) is 49.4 Å². The van der Waals surface area contributed by atoms with Crippen LogP contribution in [-0.4, -0.2) is 43.0 Å². The van der Waals surface area contributed by atoms with Gasteiger partial charge in [-0.1, -0.05) is 60.6 Å². The lowest BCUT2D eigenvalue weighted by Gasteiger charge is -2.44. The predicted octanol–water partition coefficient (Wildman–Crippen LogP) is 4.75. The Morgan fingerprint density at radius 3 is 2.49 bits per heavy atom. The largest absolute Gasteiger partial charge is 0.627 e. The topological polar surface area (TPSA) is 167 Å². The third-order valence-electron chi connectivity index (χ3n) is 9.17. The number of benzene rings is 3. The fourth-order valence-corrected chi connectivity index (χ4v) is 6.50. The van der Waals surface area contributed by atoms with Crippen LogP contribution in [0.25, 0.3) is 10.8 Å². The zero-order valence-electron chi connectivity index (χ0n) is 24.8. The lowest BCUT2D eigenvalue weighted by atomic mass is 9.91. The van der Waals surface area contributed by atoms with Gasteiger partial charge in [0.2, 0.25) is 0 Å². The van der Waals surface area contributed by atoms with Crippen LogP contribution in [0.1, 0.15) is 61.3 Å². The summed E-state index contributed by atoms with van der Waals surface area (Å²) in [6, 6.07) is 16.4. The van der Waals surface area contributed by atoms with Gasteiger partial charge in [0.05, 0.1) is 19.8 Å². The highest BCUT2D eigenvalue weighted by molar-refractivity contribution is 5.97. The van der Waals surface area contributed by atoms with E-state index in [2.05, 4.69) is 10.5 Å². The van der Waals surface area contributed by atoms with Crippen molar-refractivity contribution in [3.05, 3.63) is 87.0 Å². The Morgan fingerprint density at radius 1 is 1.12 bits per heavy atom. The lowest BCUT2D eigenvalue weighted by Crippen LogP contribution is -2.57. The number of nitrogens with two attached hydrogens (primary N) is 2. The fraction of sp³-hybridized carbons (Fsp3) is 0.455. The number of carbonyl (C=O) groups excluding carboxylic acids is 1. The van der Waals surface area contributed by atoms with Gasteiger partial charge in [-0.2, -0.15) is 4.91 Å². The van der Waals surface area contributed by atoms with Crippen LogP contribution in [0.15, 0.2) is 59.8 Å². The first kappa shape index (κ1) is 30.7. The minimum absolute atomic E-state index is 0.00646. The van der Waals surface area contributed by atoms with Gasteiger partial charge in [-0.25, -0.2) is 0 Å². The third-order valence-corrected chi connectivity index (χ3v) is 9.17. The molecular weight excluding hydrogens is 544 g/mol. The highest BCUT2D eigenvalue weighted by Crippen LogP contribution is 2.42. The molecule has 10 heteroatoms. The minimum Gasteiger partial charge on any atom is -0.627 e. The van der Waals surface area contributed by atoms with Crippen LogP contribution >= 0.6 is 0 Å². The molecule has 0 radical (unpaired) electrons. The van der Waals surface area contributed by atoms with Crippen molar-refractivity contribution in [2.75, 3.05) is 13.2 Å². The number of carbonyl (C=O) groups is 1. The van der Waals surface area contributed by atoms with E-state index < -0.39 is 10.7 Å². The zero-order chi connectivity index (χ0) is 30.6. The highest BCUT2D eigenvalue weighted by atomic mass is 16.6. The summed E-state index contributed by atoms with van der Waals surface area (Å²) in [5, 5.41) is 31.1. The van der Waals surface area contributed by atoms with Crippen molar-refractivity contribution in [3.63, 3.8) is 0 Å². The van der Waals surface area contributed by atoms with Crippen LogP contribution in [0.2, 0.25) is 0 Å². The van der Waals surface area contributed by atoms with E-state index in [1.165, 1.54) is 0 Å². The quantitative estimate of drug-likeness (QED) is 0.0786. The maximum atomic E-state index is 15.1. The van der Waals surface area contributed by atoms with Crippen molar-refractivity contribution >= 4 is 28.2 Å². The molecule has 3 aromatic rings. The first-order valence-electron chi connectivity index (χ1n) is 15.2. The number of nitrogens with zero attached hydrogens (tertiary/aromatic N) is 2. The first-order chi connectivity index (χ1) is 20.7. The van der Waals surface area contributed by atoms with Gasteiger partial charge in [0.15, 0.2) is 6.04 Å². The Kier molecular flexibility index (Phi) is 9.51. The van der Waals surface area contributed by atoms with Gasteiger partial charge in [-0.15, -0.1) is 0 Å². The number of rotatable bonds is 12.